The molecule has 2 aromatic rings. The third-order valence-corrected chi connectivity index (χ3v) is 3.81. The number of halogens is 1. The monoisotopic (exact) mass is 330 g/mol. The Labute approximate surface area is 124 Å². The van der Waals surface area contributed by atoms with E-state index in [-0.39, 0.29) is 22.9 Å². The third-order valence-electron chi connectivity index (χ3n) is 3.09. The number of hydrogen-bond donors (Lipinski definition) is 1. The first-order valence-corrected chi connectivity index (χ1v) is 6.88. The Kier molecular flexibility index (Phi) is 3.10. The Bertz CT molecular complexity index is 747. The van der Waals surface area contributed by atoms with E-state index in [0.717, 1.165) is 15.6 Å². The number of ketones is 1. The Balaban J connectivity index is 2.07. The van der Waals surface area contributed by atoms with Gasteiger partial charge in [-0.05, 0) is 42.3 Å². The normalized spacial score (nSPS) is 15.3. The van der Waals surface area contributed by atoms with Gasteiger partial charge in [0.05, 0.1) is 0 Å². The first-order valence-electron chi connectivity index (χ1n) is 6.08. The summed E-state index contributed by atoms with van der Waals surface area (Å²) in [6.45, 7) is 1.84. The van der Waals surface area contributed by atoms with E-state index in [9.17, 15) is 9.90 Å². The largest absolute Gasteiger partial charge is 0.507 e. The van der Waals surface area contributed by atoms with Crippen molar-refractivity contribution in [2.45, 2.75) is 6.92 Å². The van der Waals surface area contributed by atoms with Gasteiger partial charge in [0, 0.05) is 4.47 Å². The molecular weight excluding hydrogens is 320 g/mol. The standard InChI is InChI=1S/C16H11BrO3/c1-9-6-12(18)15-13(7-9)20-14(16(15)19)8-10-4-2-3-5-11(10)17/h2-8,18H,1H3/b14-8-. The molecule has 0 spiro atoms. The van der Waals surface area contributed by atoms with E-state index in [4.69, 9.17) is 4.74 Å². The summed E-state index contributed by atoms with van der Waals surface area (Å²) >= 11 is 3.42. The number of fused-ring (bicyclic) bond motifs is 1. The van der Waals surface area contributed by atoms with Crippen molar-refractivity contribution in [3.8, 4) is 11.5 Å². The van der Waals surface area contributed by atoms with Crippen LogP contribution in [-0.4, -0.2) is 10.9 Å². The van der Waals surface area contributed by atoms with Gasteiger partial charge < -0.3 is 9.84 Å². The number of phenolic OH excluding ortho intramolecular Hbond substituents is 1. The topological polar surface area (TPSA) is 46.5 Å². The van der Waals surface area contributed by atoms with Gasteiger partial charge in [0.15, 0.2) is 5.76 Å². The highest BCUT2D eigenvalue weighted by atomic mass is 79.9. The highest BCUT2D eigenvalue weighted by Gasteiger charge is 2.30. The van der Waals surface area contributed by atoms with Crippen LogP contribution in [-0.2, 0) is 0 Å². The van der Waals surface area contributed by atoms with Gasteiger partial charge in [0.1, 0.15) is 17.1 Å². The van der Waals surface area contributed by atoms with Crippen LogP contribution in [0.2, 0.25) is 0 Å². The third kappa shape index (κ3) is 2.12. The summed E-state index contributed by atoms with van der Waals surface area (Å²) in [5.74, 6) is 0.285. The van der Waals surface area contributed by atoms with E-state index in [1.54, 1.807) is 18.2 Å². The average molecular weight is 331 g/mol. The first-order chi connectivity index (χ1) is 9.56. The molecule has 2 aromatic carbocycles. The second kappa shape index (κ2) is 4.80. The minimum Gasteiger partial charge on any atom is -0.507 e. The van der Waals surface area contributed by atoms with Crippen LogP contribution in [0.4, 0.5) is 0 Å². The zero-order valence-electron chi connectivity index (χ0n) is 10.7. The van der Waals surface area contributed by atoms with E-state index in [0.29, 0.717) is 5.75 Å². The fraction of sp³-hybridized carbons (Fsp3) is 0.0625. The zero-order valence-corrected chi connectivity index (χ0v) is 12.3. The molecule has 0 bridgehead atoms. The number of benzene rings is 2. The predicted octanol–water partition coefficient (Wildman–Crippen LogP) is 4.08. The maximum Gasteiger partial charge on any atom is 0.235 e. The zero-order chi connectivity index (χ0) is 14.3. The van der Waals surface area contributed by atoms with Crippen LogP contribution in [0.25, 0.3) is 6.08 Å². The number of carbonyl (C=O) groups is 1. The van der Waals surface area contributed by atoms with Crippen molar-refractivity contribution in [2.24, 2.45) is 0 Å². The van der Waals surface area contributed by atoms with Crippen LogP contribution >= 0.6 is 15.9 Å². The summed E-state index contributed by atoms with van der Waals surface area (Å²) < 4.78 is 6.45. The Hall–Kier alpha value is -2.07. The lowest BCUT2D eigenvalue weighted by Crippen LogP contribution is -1.98. The lowest BCUT2D eigenvalue weighted by atomic mass is 10.1. The minimum absolute atomic E-state index is 0.0412. The molecule has 20 heavy (non-hydrogen) atoms. The quantitative estimate of drug-likeness (QED) is 0.801. The number of hydrogen-bond acceptors (Lipinski definition) is 3. The van der Waals surface area contributed by atoms with Gasteiger partial charge >= 0.3 is 0 Å². The molecule has 1 N–H and O–H groups in total. The molecule has 0 amide bonds. The summed E-state index contributed by atoms with van der Waals surface area (Å²) in [4.78, 5) is 12.3. The molecule has 4 heteroatoms. The van der Waals surface area contributed by atoms with Gasteiger partial charge in [-0.1, -0.05) is 34.1 Å². The maximum atomic E-state index is 12.3. The number of phenols is 1. The predicted molar refractivity (Wildman–Crippen MR) is 79.9 cm³/mol. The van der Waals surface area contributed by atoms with Crippen LogP contribution in [0, 0.1) is 6.92 Å². The van der Waals surface area contributed by atoms with Crippen LogP contribution in [0.3, 0.4) is 0 Å². The molecule has 0 atom stereocenters. The highest BCUT2D eigenvalue weighted by molar-refractivity contribution is 9.10. The van der Waals surface area contributed by atoms with Crippen LogP contribution < -0.4 is 4.74 Å². The fourth-order valence-corrected chi connectivity index (χ4v) is 2.56. The van der Waals surface area contributed by atoms with Crippen molar-refractivity contribution >= 4 is 27.8 Å². The van der Waals surface area contributed by atoms with Gasteiger partial charge in [-0.2, -0.15) is 0 Å². The van der Waals surface area contributed by atoms with Gasteiger partial charge in [-0.25, -0.2) is 0 Å². The van der Waals surface area contributed by atoms with Gasteiger partial charge in [0.2, 0.25) is 5.78 Å². The lowest BCUT2D eigenvalue weighted by molar-refractivity contribution is 0.101. The fourth-order valence-electron chi connectivity index (χ4n) is 2.16. The maximum absolute atomic E-state index is 12.3. The number of Topliss-reactive ketones (excluding diaryl/α,β-unsaturated/α-hetero) is 1. The molecule has 100 valence electrons. The molecule has 0 saturated carbocycles. The Morgan fingerprint density at radius 3 is 2.75 bits per heavy atom. The molecular formula is C16H11BrO3. The molecule has 1 heterocycles. The van der Waals surface area contributed by atoms with Crippen LogP contribution in [0.15, 0.2) is 46.6 Å². The second-order valence-electron chi connectivity index (χ2n) is 4.62. The highest BCUT2D eigenvalue weighted by Crippen LogP contribution is 2.38. The molecule has 1 aliphatic heterocycles. The van der Waals surface area contributed by atoms with Gasteiger partial charge in [-0.15, -0.1) is 0 Å². The summed E-state index contributed by atoms with van der Waals surface area (Å²) in [5, 5.41) is 9.88. The smallest absolute Gasteiger partial charge is 0.235 e. The van der Waals surface area contributed by atoms with E-state index in [1.807, 2.05) is 31.2 Å². The molecule has 0 fully saturated rings. The van der Waals surface area contributed by atoms with E-state index in [2.05, 4.69) is 15.9 Å². The molecule has 0 aliphatic carbocycles. The van der Waals surface area contributed by atoms with E-state index >= 15 is 0 Å². The number of aromatic hydroxyl groups is 1. The molecule has 0 unspecified atom stereocenters. The molecule has 0 aromatic heterocycles. The molecule has 3 rings (SSSR count). The van der Waals surface area contributed by atoms with Crippen molar-refractivity contribution in [2.75, 3.05) is 0 Å². The minimum atomic E-state index is -0.298. The molecule has 0 saturated heterocycles. The second-order valence-corrected chi connectivity index (χ2v) is 5.47. The summed E-state index contributed by atoms with van der Waals surface area (Å²) in [6.07, 6.45) is 1.67. The number of aryl methyl sites for hydroxylation is 1. The van der Waals surface area contributed by atoms with Crippen molar-refractivity contribution in [1.82, 2.24) is 0 Å². The summed E-state index contributed by atoms with van der Waals surface area (Å²) in [5.41, 5.74) is 1.92. The molecule has 3 nitrogen and oxygen atoms in total. The summed E-state index contributed by atoms with van der Waals surface area (Å²) in [7, 11) is 0. The number of ether oxygens (including phenoxy) is 1. The van der Waals surface area contributed by atoms with E-state index in [1.165, 1.54) is 0 Å². The lowest BCUT2D eigenvalue weighted by Gasteiger charge is -2.01. The number of rotatable bonds is 1. The SMILES string of the molecule is Cc1cc(O)c2c(c1)O/C(=C\c1ccccc1Br)C2=O. The molecule has 1 aliphatic rings. The van der Waals surface area contributed by atoms with Crippen molar-refractivity contribution in [1.29, 1.82) is 0 Å². The Morgan fingerprint density at radius 1 is 1.25 bits per heavy atom. The molecule has 0 radical (unpaired) electrons. The van der Waals surface area contributed by atoms with Gasteiger partial charge in [-0.3, -0.25) is 4.79 Å². The van der Waals surface area contributed by atoms with Crippen LogP contribution in [0.5, 0.6) is 11.5 Å². The summed E-state index contributed by atoms with van der Waals surface area (Å²) in [6, 6.07) is 10.8. The van der Waals surface area contributed by atoms with Crippen molar-refractivity contribution in [3.63, 3.8) is 0 Å². The number of allylic oxidation sites excluding steroid dienone is 1. The van der Waals surface area contributed by atoms with Crippen LogP contribution in [0.1, 0.15) is 21.5 Å². The Morgan fingerprint density at radius 2 is 2.00 bits per heavy atom. The average Bonchev–Trinajstić information content (AvgIpc) is 2.69. The number of carbonyl (C=O) groups excluding carboxylic acids is 1. The van der Waals surface area contributed by atoms with Crippen molar-refractivity contribution in [3.05, 3.63) is 63.3 Å². The van der Waals surface area contributed by atoms with Gasteiger partial charge in [0.25, 0.3) is 0 Å². The van der Waals surface area contributed by atoms with E-state index < -0.39 is 0 Å². The van der Waals surface area contributed by atoms with Crippen molar-refractivity contribution < 1.29 is 14.6 Å². The first kappa shape index (κ1) is 12.9.